The van der Waals surface area contributed by atoms with Crippen LogP contribution in [-0.2, 0) is 0 Å². The fourth-order valence-corrected chi connectivity index (χ4v) is 2.93. The van der Waals surface area contributed by atoms with Gasteiger partial charge in [-0.3, -0.25) is 0 Å². The lowest BCUT2D eigenvalue weighted by Gasteiger charge is -2.29. The highest BCUT2D eigenvalue weighted by Gasteiger charge is 2.25. The van der Waals surface area contributed by atoms with Crippen LogP contribution in [0, 0.1) is 5.92 Å². The summed E-state index contributed by atoms with van der Waals surface area (Å²) >= 11 is 0. The molecule has 14 heavy (non-hydrogen) atoms. The number of hydrogen-bond acceptors (Lipinski definition) is 2. The minimum absolute atomic E-state index is 0.468. The monoisotopic (exact) mass is 196 g/mol. The molecule has 2 saturated carbocycles. The normalized spacial score (nSPS) is 44.1. The highest BCUT2D eigenvalue weighted by Crippen LogP contribution is 2.26. The van der Waals surface area contributed by atoms with Crippen molar-refractivity contribution < 1.29 is 0 Å². The van der Waals surface area contributed by atoms with Crippen LogP contribution in [0.2, 0.25) is 0 Å². The Morgan fingerprint density at radius 1 is 0.929 bits per heavy atom. The molecule has 0 amide bonds. The Morgan fingerprint density at radius 2 is 1.57 bits per heavy atom. The average molecular weight is 196 g/mol. The lowest BCUT2D eigenvalue weighted by atomic mass is 9.87. The quantitative estimate of drug-likeness (QED) is 0.709. The third-order valence-electron chi connectivity index (χ3n) is 3.96. The summed E-state index contributed by atoms with van der Waals surface area (Å²) in [6, 6.07) is 1.99. The molecule has 82 valence electrons. The summed E-state index contributed by atoms with van der Waals surface area (Å²) in [5, 5.41) is 3.79. The predicted octanol–water partition coefficient (Wildman–Crippen LogP) is 2.03. The van der Waals surface area contributed by atoms with E-state index < -0.39 is 0 Å². The molecular weight excluding hydrogens is 172 g/mol. The van der Waals surface area contributed by atoms with Crippen LogP contribution in [0.3, 0.4) is 0 Å². The molecule has 2 aliphatic rings. The van der Waals surface area contributed by atoms with Crippen molar-refractivity contribution in [3.63, 3.8) is 0 Å². The van der Waals surface area contributed by atoms with E-state index in [-0.39, 0.29) is 0 Å². The van der Waals surface area contributed by atoms with E-state index in [0.29, 0.717) is 6.04 Å². The summed E-state index contributed by atoms with van der Waals surface area (Å²) in [5.74, 6) is 0.957. The van der Waals surface area contributed by atoms with Crippen molar-refractivity contribution >= 4 is 0 Å². The van der Waals surface area contributed by atoms with Gasteiger partial charge in [-0.1, -0.05) is 6.92 Å². The predicted molar refractivity (Wildman–Crippen MR) is 60.2 cm³/mol. The Kier molecular flexibility index (Phi) is 3.45. The van der Waals surface area contributed by atoms with E-state index in [1.807, 2.05) is 0 Å². The minimum atomic E-state index is 0.468. The third-order valence-corrected chi connectivity index (χ3v) is 3.96. The first-order valence-corrected chi connectivity index (χ1v) is 6.25. The molecule has 0 aromatic heterocycles. The van der Waals surface area contributed by atoms with Crippen LogP contribution in [0.1, 0.15) is 51.9 Å². The summed E-state index contributed by atoms with van der Waals surface area (Å²) in [7, 11) is 0. The zero-order chi connectivity index (χ0) is 9.97. The van der Waals surface area contributed by atoms with Crippen LogP contribution >= 0.6 is 0 Å². The summed E-state index contributed by atoms with van der Waals surface area (Å²) in [6.07, 6.45) is 9.31. The second-order valence-corrected chi connectivity index (χ2v) is 5.39. The van der Waals surface area contributed by atoms with Crippen molar-refractivity contribution in [2.75, 3.05) is 0 Å². The molecule has 0 saturated heterocycles. The van der Waals surface area contributed by atoms with Crippen LogP contribution in [0.4, 0.5) is 0 Å². The van der Waals surface area contributed by atoms with E-state index in [2.05, 4.69) is 12.2 Å². The minimum Gasteiger partial charge on any atom is -0.328 e. The molecule has 3 N–H and O–H groups in total. The van der Waals surface area contributed by atoms with Crippen molar-refractivity contribution in [3.8, 4) is 0 Å². The lowest BCUT2D eigenvalue weighted by molar-refractivity contribution is 0.286. The Morgan fingerprint density at radius 3 is 2.14 bits per heavy atom. The summed E-state index contributed by atoms with van der Waals surface area (Å²) in [4.78, 5) is 0. The average Bonchev–Trinajstić information content (AvgIpc) is 2.56. The summed E-state index contributed by atoms with van der Waals surface area (Å²) < 4.78 is 0. The van der Waals surface area contributed by atoms with Gasteiger partial charge in [0, 0.05) is 18.1 Å². The maximum Gasteiger partial charge on any atom is 0.00849 e. The summed E-state index contributed by atoms with van der Waals surface area (Å²) in [5.41, 5.74) is 5.91. The maximum atomic E-state index is 5.91. The van der Waals surface area contributed by atoms with Gasteiger partial charge in [0.15, 0.2) is 0 Å². The van der Waals surface area contributed by atoms with E-state index >= 15 is 0 Å². The van der Waals surface area contributed by atoms with Gasteiger partial charge in [0.25, 0.3) is 0 Å². The second-order valence-electron chi connectivity index (χ2n) is 5.39. The van der Waals surface area contributed by atoms with Gasteiger partial charge in [0.05, 0.1) is 0 Å². The molecule has 2 unspecified atom stereocenters. The number of rotatable bonds is 2. The highest BCUT2D eigenvalue weighted by molar-refractivity contribution is 4.86. The van der Waals surface area contributed by atoms with Gasteiger partial charge in [-0.05, 0) is 50.9 Å². The zero-order valence-corrected chi connectivity index (χ0v) is 9.34. The van der Waals surface area contributed by atoms with E-state index in [0.717, 1.165) is 18.0 Å². The van der Waals surface area contributed by atoms with Crippen molar-refractivity contribution in [2.45, 2.75) is 70.0 Å². The van der Waals surface area contributed by atoms with E-state index in [1.165, 1.54) is 44.9 Å². The van der Waals surface area contributed by atoms with Gasteiger partial charge in [-0.15, -0.1) is 0 Å². The molecule has 0 radical (unpaired) electrons. The van der Waals surface area contributed by atoms with Crippen LogP contribution in [0.15, 0.2) is 0 Å². The number of hydrogen-bond donors (Lipinski definition) is 2. The maximum absolute atomic E-state index is 5.91. The molecule has 0 spiro atoms. The van der Waals surface area contributed by atoms with Crippen molar-refractivity contribution in [3.05, 3.63) is 0 Å². The standard InChI is InChI=1S/C12H24N2/c1-9-2-5-11(6-3-9)14-12-7-4-10(13)8-12/h9-12,14H,2-8,13H2,1H3. The second kappa shape index (κ2) is 4.63. The smallest absolute Gasteiger partial charge is 0.00849 e. The van der Waals surface area contributed by atoms with E-state index in [1.54, 1.807) is 0 Å². The number of nitrogens with one attached hydrogen (secondary N) is 1. The Balaban J connectivity index is 1.70. The van der Waals surface area contributed by atoms with Crippen molar-refractivity contribution in [2.24, 2.45) is 11.7 Å². The molecule has 0 aliphatic heterocycles. The van der Waals surface area contributed by atoms with Gasteiger partial charge < -0.3 is 11.1 Å². The Bertz CT molecular complexity index is 173. The largest absolute Gasteiger partial charge is 0.328 e. The van der Waals surface area contributed by atoms with Gasteiger partial charge in [-0.25, -0.2) is 0 Å². The molecular formula is C12H24N2. The molecule has 2 aliphatic carbocycles. The van der Waals surface area contributed by atoms with E-state index in [9.17, 15) is 0 Å². The fraction of sp³-hybridized carbons (Fsp3) is 1.00. The van der Waals surface area contributed by atoms with Crippen LogP contribution in [0.5, 0.6) is 0 Å². The van der Waals surface area contributed by atoms with Crippen LogP contribution in [0.25, 0.3) is 0 Å². The Labute approximate surface area is 87.6 Å². The highest BCUT2D eigenvalue weighted by atomic mass is 15.0. The molecule has 0 aromatic carbocycles. The van der Waals surface area contributed by atoms with Crippen molar-refractivity contribution in [1.29, 1.82) is 0 Å². The molecule has 2 fully saturated rings. The molecule has 0 bridgehead atoms. The zero-order valence-electron chi connectivity index (χ0n) is 9.34. The van der Waals surface area contributed by atoms with Gasteiger partial charge >= 0.3 is 0 Å². The van der Waals surface area contributed by atoms with Crippen molar-refractivity contribution in [1.82, 2.24) is 5.32 Å². The van der Waals surface area contributed by atoms with Crippen LogP contribution in [-0.4, -0.2) is 18.1 Å². The topological polar surface area (TPSA) is 38.0 Å². The fourth-order valence-electron chi connectivity index (χ4n) is 2.93. The third kappa shape index (κ3) is 2.71. The van der Waals surface area contributed by atoms with Gasteiger partial charge in [-0.2, -0.15) is 0 Å². The van der Waals surface area contributed by atoms with Crippen LogP contribution < -0.4 is 11.1 Å². The first-order chi connectivity index (χ1) is 6.74. The van der Waals surface area contributed by atoms with E-state index in [4.69, 9.17) is 5.73 Å². The first-order valence-electron chi connectivity index (χ1n) is 6.25. The SMILES string of the molecule is CC1CCC(NC2CCC(N)C2)CC1. The number of nitrogens with two attached hydrogens (primary N) is 1. The van der Waals surface area contributed by atoms with Gasteiger partial charge in [0.1, 0.15) is 0 Å². The molecule has 2 nitrogen and oxygen atoms in total. The molecule has 0 heterocycles. The molecule has 2 rings (SSSR count). The lowest BCUT2D eigenvalue weighted by Crippen LogP contribution is -2.39. The molecule has 2 heteroatoms. The summed E-state index contributed by atoms with van der Waals surface area (Å²) in [6.45, 7) is 2.38. The Hall–Kier alpha value is -0.0800. The van der Waals surface area contributed by atoms with Gasteiger partial charge in [0.2, 0.25) is 0 Å². The molecule has 2 atom stereocenters. The first kappa shape index (κ1) is 10.4. The molecule has 0 aromatic rings.